The van der Waals surface area contributed by atoms with Gasteiger partial charge in [-0.3, -0.25) is 4.79 Å². The lowest BCUT2D eigenvalue weighted by Gasteiger charge is -2.36. The van der Waals surface area contributed by atoms with Crippen LogP contribution in [0.2, 0.25) is 0 Å². The molecule has 0 heterocycles. The molecule has 0 spiro atoms. The van der Waals surface area contributed by atoms with Crippen molar-refractivity contribution in [2.75, 3.05) is 6.54 Å². The zero-order valence-electron chi connectivity index (χ0n) is 12.2. The number of nitrogens with zero attached hydrogens (tertiary/aromatic N) is 1. The smallest absolute Gasteiger partial charge is 0.318 e. The molecule has 2 amide bonds. The minimum atomic E-state index is -0.897. The average molecular weight is 270 g/mol. The molecule has 1 aliphatic rings. The van der Waals surface area contributed by atoms with Gasteiger partial charge < -0.3 is 15.3 Å². The molecule has 2 N–H and O–H groups in total. The van der Waals surface area contributed by atoms with Crippen LogP contribution in [-0.4, -0.2) is 40.1 Å². The van der Waals surface area contributed by atoms with Crippen LogP contribution in [0.5, 0.6) is 0 Å². The third-order valence-electron chi connectivity index (χ3n) is 3.66. The molecule has 1 saturated carbocycles. The van der Waals surface area contributed by atoms with Crippen molar-refractivity contribution in [2.24, 2.45) is 0 Å². The largest absolute Gasteiger partial charge is 0.481 e. The maximum Gasteiger partial charge on any atom is 0.318 e. The Bertz CT molecular complexity index is 323. The third-order valence-corrected chi connectivity index (χ3v) is 3.66. The Morgan fingerprint density at radius 1 is 1.26 bits per heavy atom. The van der Waals surface area contributed by atoms with E-state index >= 15 is 0 Å². The Kier molecular flexibility index (Phi) is 5.63. The summed E-state index contributed by atoms with van der Waals surface area (Å²) in [7, 11) is 0. The third kappa shape index (κ3) is 5.09. The summed E-state index contributed by atoms with van der Waals surface area (Å²) in [5.41, 5.74) is -0.717. The highest BCUT2D eigenvalue weighted by atomic mass is 16.4. The summed E-state index contributed by atoms with van der Waals surface area (Å²) in [5, 5.41) is 11.7. The molecule has 0 aliphatic heterocycles. The molecule has 1 aliphatic carbocycles. The van der Waals surface area contributed by atoms with Gasteiger partial charge >= 0.3 is 12.0 Å². The van der Waals surface area contributed by atoms with E-state index in [1.807, 2.05) is 11.8 Å². The van der Waals surface area contributed by atoms with Gasteiger partial charge in [0.2, 0.25) is 0 Å². The quantitative estimate of drug-likeness (QED) is 0.806. The first kappa shape index (κ1) is 15.8. The zero-order chi connectivity index (χ0) is 14.5. The monoisotopic (exact) mass is 270 g/mol. The van der Waals surface area contributed by atoms with Crippen LogP contribution in [0.1, 0.15) is 59.3 Å². The molecule has 1 rings (SSSR count). The maximum absolute atomic E-state index is 12.3. The highest BCUT2D eigenvalue weighted by Gasteiger charge is 2.29. The molecular weight excluding hydrogens is 244 g/mol. The number of aliphatic carboxylic acids is 1. The summed E-state index contributed by atoms with van der Waals surface area (Å²) in [6.07, 6.45) is 5.64. The number of amides is 2. The Balaban J connectivity index is 2.60. The van der Waals surface area contributed by atoms with Gasteiger partial charge in [0.25, 0.3) is 0 Å². The average Bonchev–Trinajstić information content (AvgIpc) is 2.28. The molecule has 0 bridgehead atoms. The summed E-state index contributed by atoms with van der Waals surface area (Å²) in [6.45, 7) is 6.12. The van der Waals surface area contributed by atoms with E-state index in [-0.39, 0.29) is 12.5 Å². The lowest BCUT2D eigenvalue weighted by atomic mass is 9.94. The predicted octanol–water partition coefficient (Wildman–Crippen LogP) is 2.60. The molecule has 5 heteroatoms. The summed E-state index contributed by atoms with van der Waals surface area (Å²) in [4.78, 5) is 24.9. The van der Waals surface area contributed by atoms with Crippen LogP contribution >= 0.6 is 0 Å². The van der Waals surface area contributed by atoms with E-state index in [4.69, 9.17) is 5.11 Å². The number of urea groups is 1. The van der Waals surface area contributed by atoms with E-state index in [0.717, 1.165) is 12.8 Å². The Morgan fingerprint density at radius 3 is 2.32 bits per heavy atom. The van der Waals surface area contributed by atoms with E-state index in [9.17, 15) is 9.59 Å². The molecular formula is C14H26N2O3. The van der Waals surface area contributed by atoms with Crippen LogP contribution in [0, 0.1) is 0 Å². The highest BCUT2D eigenvalue weighted by Crippen LogP contribution is 2.23. The second-order valence-corrected chi connectivity index (χ2v) is 5.96. The second kappa shape index (κ2) is 6.78. The van der Waals surface area contributed by atoms with Crippen LogP contribution in [0.3, 0.4) is 0 Å². The fourth-order valence-corrected chi connectivity index (χ4v) is 2.74. The van der Waals surface area contributed by atoms with E-state index in [1.54, 1.807) is 13.8 Å². The fourth-order valence-electron chi connectivity index (χ4n) is 2.74. The first-order valence-electron chi connectivity index (χ1n) is 7.16. The Morgan fingerprint density at radius 2 is 1.84 bits per heavy atom. The molecule has 110 valence electrons. The van der Waals surface area contributed by atoms with Gasteiger partial charge in [0.15, 0.2) is 0 Å². The minimum Gasteiger partial charge on any atom is -0.481 e. The molecule has 0 aromatic heterocycles. The number of carboxylic acids is 1. The van der Waals surface area contributed by atoms with Crippen LogP contribution in [0.4, 0.5) is 4.79 Å². The van der Waals surface area contributed by atoms with Crippen molar-refractivity contribution in [1.29, 1.82) is 0 Å². The van der Waals surface area contributed by atoms with E-state index in [1.165, 1.54) is 19.3 Å². The van der Waals surface area contributed by atoms with Crippen LogP contribution in [0.15, 0.2) is 0 Å². The molecule has 0 aromatic rings. The Hall–Kier alpha value is -1.26. The lowest BCUT2D eigenvalue weighted by Crippen LogP contribution is -2.54. The van der Waals surface area contributed by atoms with Crippen molar-refractivity contribution in [3.05, 3.63) is 0 Å². The van der Waals surface area contributed by atoms with Crippen molar-refractivity contribution >= 4 is 12.0 Å². The van der Waals surface area contributed by atoms with Gasteiger partial charge in [-0.1, -0.05) is 19.3 Å². The van der Waals surface area contributed by atoms with Crippen LogP contribution < -0.4 is 5.32 Å². The maximum atomic E-state index is 12.3. The first-order chi connectivity index (χ1) is 8.85. The minimum absolute atomic E-state index is 0.0685. The van der Waals surface area contributed by atoms with Crippen molar-refractivity contribution < 1.29 is 14.7 Å². The first-order valence-corrected chi connectivity index (χ1v) is 7.16. The number of hydrogen-bond acceptors (Lipinski definition) is 2. The molecule has 19 heavy (non-hydrogen) atoms. The van der Waals surface area contributed by atoms with E-state index in [2.05, 4.69) is 5.32 Å². The van der Waals surface area contributed by atoms with Gasteiger partial charge in [-0.25, -0.2) is 4.79 Å². The Labute approximate surface area is 115 Å². The molecule has 0 aromatic carbocycles. The normalized spacial score (nSPS) is 17.0. The van der Waals surface area contributed by atoms with Gasteiger partial charge in [0.05, 0.1) is 6.42 Å². The van der Waals surface area contributed by atoms with Gasteiger partial charge in [-0.05, 0) is 33.6 Å². The lowest BCUT2D eigenvalue weighted by molar-refractivity contribution is -0.138. The number of carbonyl (C=O) groups is 2. The van der Waals surface area contributed by atoms with Crippen molar-refractivity contribution in [2.45, 2.75) is 70.9 Å². The predicted molar refractivity (Wildman–Crippen MR) is 74.1 cm³/mol. The second-order valence-electron chi connectivity index (χ2n) is 5.96. The number of carbonyl (C=O) groups excluding carboxylic acids is 1. The van der Waals surface area contributed by atoms with E-state index < -0.39 is 11.5 Å². The van der Waals surface area contributed by atoms with Gasteiger partial charge in [-0.2, -0.15) is 0 Å². The summed E-state index contributed by atoms with van der Waals surface area (Å²) >= 11 is 0. The SMILES string of the molecule is CCN(C(=O)NC(C)(C)CC(=O)O)C1CCCCC1. The van der Waals surface area contributed by atoms with E-state index in [0.29, 0.717) is 12.6 Å². The van der Waals surface area contributed by atoms with Gasteiger partial charge in [-0.15, -0.1) is 0 Å². The summed E-state index contributed by atoms with van der Waals surface area (Å²) < 4.78 is 0. The standard InChI is InChI=1S/C14H26N2O3/c1-4-16(11-8-6-5-7-9-11)13(19)15-14(2,3)10-12(17)18/h11H,4-10H2,1-3H3,(H,15,19)(H,17,18). The van der Waals surface area contributed by atoms with Crippen LogP contribution in [0.25, 0.3) is 0 Å². The summed E-state index contributed by atoms with van der Waals surface area (Å²) in [6, 6.07) is 0.167. The highest BCUT2D eigenvalue weighted by molar-refractivity contribution is 5.77. The molecule has 5 nitrogen and oxygen atoms in total. The molecule has 0 saturated heterocycles. The zero-order valence-corrected chi connectivity index (χ0v) is 12.2. The number of carboxylic acid groups (broad SMARTS) is 1. The van der Waals surface area contributed by atoms with Gasteiger partial charge in [0, 0.05) is 18.1 Å². The van der Waals surface area contributed by atoms with Crippen molar-refractivity contribution in [3.8, 4) is 0 Å². The fraction of sp³-hybridized carbons (Fsp3) is 0.857. The van der Waals surface area contributed by atoms with Crippen LogP contribution in [-0.2, 0) is 4.79 Å². The van der Waals surface area contributed by atoms with Gasteiger partial charge in [0.1, 0.15) is 0 Å². The molecule has 0 atom stereocenters. The number of nitrogens with one attached hydrogen (secondary N) is 1. The van der Waals surface area contributed by atoms with Crippen molar-refractivity contribution in [3.63, 3.8) is 0 Å². The van der Waals surface area contributed by atoms with Crippen molar-refractivity contribution in [1.82, 2.24) is 10.2 Å². The number of hydrogen-bond donors (Lipinski definition) is 2. The number of rotatable bonds is 5. The summed E-state index contributed by atoms with van der Waals surface area (Å²) in [5.74, 6) is -0.897. The molecule has 1 fully saturated rings. The molecule has 0 unspecified atom stereocenters. The molecule has 0 radical (unpaired) electrons. The topological polar surface area (TPSA) is 69.6 Å².